The monoisotopic (exact) mass is 237 g/mol. The van der Waals surface area contributed by atoms with Crippen molar-refractivity contribution in [3.8, 4) is 0 Å². The SMILES string of the molecule is CCNC(c1ccccc1)C(C)OCCOC. The Morgan fingerprint density at radius 2 is 1.88 bits per heavy atom. The topological polar surface area (TPSA) is 30.5 Å². The number of nitrogens with one attached hydrogen (secondary N) is 1. The van der Waals surface area contributed by atoms with E-state index in [4.69, 9.17) is 9.47 Å². The van der Waals surface area contributed by atoms with Crippen molar-refractivity contribution in [3.05, 3.63) is 35.9 Å². The van der Waals surface area contributed by atoms with Crippen LogP contribution in [0.1, 0.15) is 25.5 Å². The van der Waals surface area contributed by atoms with Crippen LogP contribution in [0.3, 0.4) is 0 Å². The lowest BCUT2D eigenvalue weighted by Crippen LogP contribution is -2.32. The molecule has 1 N–H and O–H groups in total. The number of likely N-dealkylation sites (N-methyl/N-ethyl adjacent to an activating group) is 1. The van der Waals surface area contributed by atoms with Crippen LogP contribution in [0.15, 0.2) is 30.3 Å². The molecule has 1 rings (SSSR count). The van der Waals surface area contributed by atoms with Crippen molar-refractivity contribution in [2.75, 3.05) is 26.9 Å². The van der Waals surface area contributed by atoms with Gasteiger partial charge in [-0.1, -0.05) is 37.3 Å². The first-order valence-corrected chi connectivity index (χ1v) is 6.18. The van der Waals surface area contributed by atoms with E-state index in [1.165, 1.54) is 5.56 Å². The van der Waals surface area contributed by atoms with Gasteiger partial charge in [-0.15, -0.1) is 0 Å². The second-order valence-corrected chi connectivity index (χ2v) is 4.01. The smallest absolute Gasteiger partial charge is 0.0742 e. The first kappa shape index (κ1) is 14.2. The third-order valence-corrected chi connectivity index (χ3v) is 2.72. The summed E-state index contributed by atoms with van der Waals surface area (Å²) in [5, 5.41) is 3.46. The molecule has 0 bridgehead atoms. The lowest BCUT2D eigenvalue weighted by Gasteiger charge is -2.25. The summed E-state index contributed by atoms with van der Waals surface area (Å²) in [5.41, 5.74) is 1.26. The van der Waals surface area contributed by atoms with E-state index in [0.29, 0.717) is 13.2 Å². The zero-order chi connectivity index (χ0) is 12.5. The number of ether oxygens (including phenoxy) is 2. The highest BCUT2D eigenvalue weighted by atomic mass is 16.5. The van der Waals surface area contributed by atoms with Crippen molar-refractivity contribution >= 4 is 0 Å². The van der Waals surface area contributed by atoms with Gasteiger partial charge in [-0.05, 0) is 19.0 Å². The van der Waals surface area contributed by atoms with Crippen molar-refractivity contribution in [2.24, 2.45) is 0 Å². The second-order valence-electron chi connectivity index (χ2n) is 4.01. The van der Waals surface area contributed by atoms with Crippen LogP contribution in [-0.4, -0.2) is 33.0 Å². The summed E-state index contributed by atoms with van der Waals surface area (Å²) in [7, 11) is 1.69. The lowest BCUT2D eigenvalue weighted by atomic mass is 10.0. The Kier molecular flexibility index (Phi) is 6.86. The Morgan fingerprint density at radius 1 is 1.18 bits per heavy atom. The Bertz CT molecular complexity index is 290. The minimum atomic E-state index is 0.132. The number of hydrogen-bond acceptors (Lipinski definition) is 3. The van der Waals surface area contributed by atoms with Crippen LogP contribution in [0, 0.1) is 0 Å². The van der Waals surface area contributed by atoms with E-state index in [2.05, 4.69) is 43.4 Å². The van der Waals surface area contributed by atoms with Gasteiger partial charge in [-0.3, -0.25) is 0 Å². The highest BCUT2D eigenvalue weighted by Gasteiger charge is 2.18. The van der Waals surface area contributed by atoms with Gasteiger partial charge in [0, 0.05) is 7.11 Å². The molecule has 0 amide bonds. The van der Waals surface area contributed by atoms with Crippen LogP contribution in [0.5, 0.6) is 0 Å². The highest BCUT2D eigenvalue weighted by Crippen LogP contribution is 2.18. The number of benzene rings is 1. The van der Waals surface area contributed by atoms with E-state index in [-0.39, 0.29) is 12.1 Å². The Labute approximate surface area is 104 Å². The summed E-state index contributed by atoms with van der Waals surface area (Å²) in [6, 6.07) is 10.6. The summed E-state index contributed by atoms with van der Waals surface area (Å²) < 4.78 is 10.8. The molecule has 0 aliphatic heterocycles. The molecule has 0 aliphatic rings. The fraction of sp³-hybridized carbons (Fsp3) is 0.571. The molecule has 0 aromatic heterocycles. The Hall–Kier alpha value is -0.900. The molecule has 2 unspecified atom stereocenters. The molecule has 0 saturated heterocycles. The van der Waals surface area contributed by atoms with Crippen molar-refractivity contribution < 1.29 is 9.47 Å². The zero-order valence-electron chi connectivity index (χ0n) is 11.0. The van der Waals surface area contributed by atoms with Gasteiger partial charge in [0.1, 0.15) is 0 Å². The molecule has 0 heterocycles. The van der Waals surface area contributed by atoms with Gasteiger partial charge < -0.3 is 14.8 Å². The van der Waals surface area contributed by atoms with Gasteiger partial charge in [0.2, 0.25) is 0 Å². The van der Waals surface area contributed by atoms with E-state index in [1.807, 2.05) is 6.07 Å². The molecule has 0 fully saturated rings. The summed E-state index contributed by atoms with van der Waals surface area (Å²) in [6.45, 7) is 6.40. The quantitative estimate of drug-likeness (QED) is 0.704. The average molecular weight is 237 g/mol. The molecular weight excluding hydrogens is 214 g/mol. The van der Waals surface area contributed by atoms with Crippen LogP contribution >= 0.6 is 0 Å². The standard InChI is InChI=1S/C14H23NO2/c1-4-15-14(12(2)17-11-10-16-3)13-8-6-5-7-9-13/h5-9,12,14-15H,4,10-11H2,1-3H3. The van der Waals surface area contributed by atoms with Crippen LogP contribution in [0.4, 0.5) is 0 Å². The molecule has 0 aliphatic carbocycles. The van der Waals surface area contributed by atoms with E-state index in [0.717, 1.165) is 6.54 Å². The zero-order valence-corrected chi connectivity index (χ0v) is 11.0. The molecule has 0 radical (unpaired) electrons. The van der Waals surface area contributed by atoms with E-state index < -0.39 is 0 Å². The minimum Gasteiger partial charge on any atom is -0.382 e. The van der Waals surface area contributed by atoms with Gasteiger partial charge >= 0.3 is 0 Å². The maximum absolute atomic E-state index is 5.76. The summed E-state index contributed by atoms with van der Waals surface area (Å²) in [4.78, 5) is 0. The molecule has 1 aromatic carbocycles. The van der Waals surface area contributed by atoms with Crippen molar-refractivity contribution in [2.45, 2.75) is 26.0 Å². The van der Waals surface area contributed by atoms with Crippen molar-refractivity contribution in [1.82, 2.24) is 5.32 Å². The fourth-order valence-corrected chi connectivity index (χ4v) is 1.85. The predicted molar refractivity (Wildman–Crippen MR) is 70.1 cm³/mol. The summed E-state index contributed by atoms with van der Waals surface area (Å²) in [5.74, 6) is 0. The van der Waals surface area contributed by atoms with E-state index >= 15 is 0 Å². The number of methoxy groups -OCH3 is 1. The van der Waals surface area contributed by atoms with Gasteiger partial charge in [-0.25, -0.2) is 0 Å². The highest BCUT2D eigenvalue weighted by molar-refractivity contribution is 5.19. The van der Waals surface area contributed by atoms with Crippen LogP contribution in [0.25, 0.3) is 0 Å². The maximum Gasteiger partial charge on any atom is 0.0742 e. The first-order chi connectivity index (χ1) is 8.29. The summed E-state index contributed by atoms with van der Waals surface area (Å²) >= 11 is 0. The first-order valence-electron chi connectivity index (χ1n) is 6.18. The van der Waals surface area contributed by atoms with Crippen molar-refractivity contribution in [1.29, 1.82) is 0 Å². The van der Waals surface area contributed by atoms with Crippen molar-refractivity contribution in [3.63, 3.8) is 0 Å². The average Bonchev–Trinajstić information content (AvgIpc) is 2.37. The van der Waals surface area contributed by atoms with Gasteiger partial charge in [0.25, 0.3) is 0 Å². The predicted octanol–water partition coefficient (Wildman–Crippen LogP) is 2.39. The fourth-order valence-electron chi connectivity index (χ4n) is 1.85. The maximum atomic E-state index is 5.76. The second kappa shape index (κ2) is 8.23. The summed E-state index contributed by atoms with van der Waals surface area (Å²) in [6.07, 6.45) is 0.132. The minimum absolute atomic E-state index is 0.132. The molecule has 96 valence electrons. The normalized spacial score (nSPS) is 14.5. The van der Waals surface area contributed by atoms with Crippen LogP contribution in [-0.2, 0) is 9.47 Å². The third kappa shape index (κ3) is 4.86. The number of hydrogen-bond donors (Lipinski definition) is 1. The molecule has 0 spiro atoms. The molecular formula is C14H23NO2. The van der Waals surface area contributed by atoms with Crippen LogP contribution < -0.4 is 5.32 Å². The number of rotatable bonds is 8. The van der Waals surface area contributed by atoms with E-state index in [1.54, 1.807) is 7.11 Å². The molecule has 3 nitrogen and oxygen atoms in total. The van der Waals surface area contributed by atoms with Gasteiger partial charge in [0.05, 0.1) is 25.4 Å². The molecule has 17 heavy (non-hydrogen) atoms. The Morgan fingerprint density at radius 3 is 2.47 bits per heavy atom. The molecule has 3 heteroatoms. The third-order valence-electron chi connectivity index (χ3n) is 2.72. The molecule has 1 aromatic rings. The van der Waals surface area contributed by atoms with Gasteiger partial charge in [-0.2, -0.15) is 0 Å². The van der Waals surface area contributed by atoms with Crippen LogP contribution in [0.2, 0.25) is 0 Å². The molecule has 0 saturated carbocycles. The largest absolute Gasteiger partial charge is 0.382 e. The lowest BCUT2D eigenvalue weighted by molar-refractivity contribution is 0.00755. The van der Waals surface area contributed by atoms with E-state index in [9.17, 15) is 0 Å². The Balaban J connectivity index is 2.58. The van der Waals surface area contributed by atoms with Gasteiger partial charge in [0.15, 0.2) is 0 Å². The molecule has 2 atom stereocenters.